The fraction of sp³-hybridized carbons (Fsp3) is 0.214. The maximum Gasteiger partial charge on any atom is 0.289 e. The maximum atomic E-state index is 12.4. The molecule has 0 amide bonds. The number of rotatable bonds is 6. The number of benzene rings is 1. The number of hydrogen-bond acceptors (Lipinski definition) is 7. The molecule has 2 aromatic rings. The van der Waals surface area contributed by atoms with Gasteiger partial charge in [0.25, 0.3) is 10.0 Å². The van der Waals surface area contributed by atoms with E-state index in [0.29, 0.717) is 10.7 Å². The molecule has 0 fully saturated rings. The van der Waals surface area contributed by atoms with Crippen molar-refractivity contribution in [2.45, 2.75) is 18.2 Å². The van der Waals surface area contributed by atoms with Crippen molar-refractivity contribution < 1.29 is 18.0 Å². The van der Waals surface area contributed by atoms with E-state index in [0.717, 1.165) is 23.1 Å². The van der Waals surface area contributed by atoms with Gasteiger partial charge in [-0.1, -0.05) is 46.3 Å². The number of aryl methyl sites for hydroxylation is 1. The first-order valence-electron chi connectivity index (χ1n) is 6.72. The van der Waals surface area contributed by atoms with Gasteiger partial charge in [0.15, 0.2) is 10.9 Å². The van der Waals surface area contributed by atoms with Crippen LogP contribution in [-0.2, 0) is 14.8 Å². The van der Waals surface area contributed by atoms with Gasteiger partial charge in [0, 0.05) is 6.92 Å². The average molecular weight is 439 g/mol. The molecule has 0 spiro atoms. The molecule has 11 heteroatoms. The first-order chi connectivity index (χ1) is 11.6. The summed E-state index contributed by atoms with van der Waals surface area (Å²) < 4.78 is 27.0. The summed E-state index contributed by atoms with van der Waals surface area (Å²) in [5, 5.41) is 0.310. The van der Waals surface area contributed by atoms with Gasteiger partial charge in [-0.05, 0) is 25.1 Å². The molecule has 25 heavy (non-hydrogen) atoms. The van der Waals surface area contributed by atoms with Crippen molar-refractivity contribution in [3.63, 3.8) is 0 Å². The van der Waals surface area contributed by atoms with Gasteiger partial charge >= 0.3 is 0 Å². The van der Waals surface area contributed by atoms with Gasteiger partial charge in [-0.25, -0.2) is 4.98 Å². The molecule has 0 bridgehead atoms. The predicted molar refractivity (Wildman–Crippen MR) is 102 cm³/mol. The number of carbonyl (C=O) groups excluding carboxylic acids is 2. The van der Waals surface area contributed by atoms with Crippen LogP contribution in [-0.4, -0.2) is 30.1 Å². The molecule has 0 saturated heterocycles. The fourth-order valence-electron chi connectivity index (χ4n) is 1.74. The second-order valence-electron chi connectivity index (χ2n) is 4.83. The number of Topliss-reactive ketones (excluding diaryl/α,β-unsaturated/α-hetero) is 1. The molecule has 1 heterocycles. The van der Waals surface area contributed by atoms with Crippen LogP contribution in [0.15, 0.2) is 22.5 Å². The molecular weight excluding hydrogens is 427 g/mol. The maximum absolute atomic E-state index is 12.4. The zero-order valence-electron chi connectivity index (χ0n) is 13.0. The Balaban J connectivity index is 2.25. The summed E-state index contributed by atoms with van der Waals surface area (Å²) in [6.07, 6.45) is 0. The molecule has 0 atom stereocenters. The second-order valence-corrected chi connectivity index (χ2v) is 9.65. The number of thiazole rings is 1. The molecular formula is C14H12Cl2N2O4S3. The minimum Gasteiger partial charge on any atom is -0.292 e. The number of hydrogen-bond donors (Lipinski definition) is 1. The molecule has 2 rings (SSSR count). The summed E-state index contributed by atoms with van der Waals surface area (Å²) in [5.74, 6) is -0.399. The lowest BCUT2D eigenvalue weighted by molar-refractivity contribution is -0.109. The molecule has 134 valence electrons. The predicted octanol–water partition coefficient (Wildman–Crippen LogP) is 4.02. The molecule has 0 saturated carbocycles. The summed E-state index contributed by atoms with van der Waals surface area (Å²) in [6, 6.07) is 4.29. The van der Waals surface area contributed by atoms with Crippen molar-refractivity contribution in [1.82, 2.24) is 4.98 Å². The van der Waals surface area contributed by atoms with Gasteiger partial charge in [0.1, 0.15) is 0 Å². The van der Waals surface area contributed by atoms with Gasteiger partial charge in [0.05, 0.1) is 32.1 Å². The Labute approximate surface area is 163 Å². The van der Waals surface area contributed by atoms with E-state index in [1.807, 2.05) is 0 Å². The number of nitrogens with one attached hydrogen (secondary N) is 1. The van der Waals surface area contributed by atoms with Crippen LogP contribution in [0.4, 0.5) is 5.69 Å². The number of nitrogens with zero attached hydrogens (tertiary/aromatic N) is 1. The largest absolute Gasteiger partial charge is 0.292 e. The highest BCUT2D eigenvalue weighted by Gasteiger charge is 2.24. The van der Waals surface area contributed by atoms with Gasteiger partial charge in [-0.2, -0.15) is 8.42 Å². The van der Waals surface area contributed by atoms with Gasteiger partial charge in [-0.3, -0.25) is 14.3 Å². The Morgan fingerprint density at radius 1 is 1.28 bits per heavy atom. The Morgan fingerprint density at radius 2 is 1.96 bits per heavy atom. The molecule has 1 aromatic heterocycles. The molecule has 6 nitrogen and oxygen atoms in total. The van der Waals surface area contributed by atoms with Gasteiger partial charge < -0.3 is 0 Å². The van der Waals surface area contributed by atoms with E-state index < -0.39 is 10.0 Å². The molecule has 1 N–H and O–H groups in total. The lowest BCUT2D eigenvalue weighted by Gasteiger charge is -2.06. The van der Waals surface area contributed by atoms with Crippen molar-refractivity contribution in [3.8, 4) is 0 Å². The van der Waals surface area contributed by atoms with Crippen molar-refractivity contribution in [3.05, 3.63) is 38.8 Å². The summed E-state index contributed by atoms with van der Waals surface area (Å²) in [6.45, 7) is 2.90. The van der Waals surface area contributed by atoms with Crippen molar-refractivity contribution in [1.29, 1.82) is 0 Å². The van der Waals surface area contributed by atoms with Crippen LogP contribution in [0.1, 0.15) is 22.3 Å². The quantitative estimate of drug-likeness (QED) is 0.684. The van der Waals surface area contributed by atoms with Crippen molar-refractivity contribution in [2.24, 2.45) is 0 Å². The average Bonchev–Trinajstić information content (AvgIpc) is 2.91. The zero-order valence-corrected chi connectivity index (χ0v) is 17.0. The Morgan fingerprint density at radius 3 is 2.56 bits per heavy atom. The zero-order chi connectivity index (χ0) is 18.8. The van der Waals surface area contributed by atoms with Crippen LogP contribution in [0, 0.1) is 6.92 Å². The van der Waals surface area contributed by atoms with Crippen LogP contribution < -0.4 is 4.72 Å². The second kappa shape index (κ2) is 8.05. The number of thioether (sulfide) groups is 1. The summed E-state index contributed by atoms with van der Waals surface area (Å²) in [7, 11) is -3.98. The Bertz CT molecular complexity index is 942. The first-order valence-corrected chi connectivity index (χ1v) is 10.8. The third kappa shape index (κ3) is 5.18. The monoisotopic (exact) mass is 438 g/mol. The number of aromatic nitrogens is 1. The molecule has 0 aliphatic carbocycles. The highest BCUT2D eigenvalue weighted by molar-refractivity contribution is 8.14. The van der Waals surface area contributed by atoms with Crippen molar-refractivity contribution >= 4 is 72.9 Å². The Kier molecular flexibility index (Phi) is 6.50. The first kappa shape index (κ1) is 20.2. The highest BCUT2D eigenvalue weighted by atomic mass is 35.5. The van der Waals surface area contributed by atoms with E-state index in [1.54, 1.807) is 6.92 Å². The summed E-state index contributed by atoms with van der Waals surface area (Å²) >= 11 is 13.3. The lowest BCUT2D eigenvalue weighted by Crippen LogP contribution is -2.12. The Hall–Kier alpha value is -1.13. The van der Waals surface area contributed by atoms with E-state index in [-0.39, 0.29) is 36.6 Å². The van der Waals surface area contributed by atoms with E-state index in [9.17, 15) is 18.0 Å². The SMILES string of the molecule is CC(=O)SCC(=O)c1sc(S(=O)(=O)Nc2ccc(Cl)c(Cl)c2)nc1C. The summed E-state index contributed by atoms with van der Waals surface area (Å²) in [5.41, 5.74) is 0.524. The smallest absolute Gasteiger partial charge is 0.289 e. The third-order valence-electron chi connectivity index (χ3n) is 2.84. The van der Waals surface area contributed by atoms with Crippen LogP contribution in [0.25, 0.3) is 0 Å². The van der Waals surface area contributed by atoms with E-state index in [4.69, 9.17) is 23.2 Å². The van der Waals surface area contributed by atoms with E-state index >= 15 is 0 Å². The van der Waals surface area contributed by atoms with Crippen LogP contribution in [0.2, 0.25) is 10.0 Å². The molecule has 0 radical (unpaired) electrons. The van der Waals surface area contributed by atoms with Crippen molar-refractivity contribution in [2.75, 3.05) is 10.5 Å². The lowest BCUT2D eigenvalue weighted by atomic mass is 10.3. The fourth-order valence-corrected chi connectivity index (χ4v) is 4.94. The minimum absolute atomic E-state index is 0.0575. The van der Waals surface area contributed by atoms with Crippen LogP contribution in [0.3, 0.4) is 0 Å². The number of anilines is 1. The number of carbonyl (C=O) groups is 2. The van der Waals surface area contributed by atoms with E-state index in [2.05, 4.69) is 9.71 Å². The molecule has 0 aliphatic rings. The standard InChI is InChI=1S/C14H12Cl2N2O4S3/c1-7-13(12(20)6-23-8(2)19)24-14(17-7)25(21,22)18-9-3-4-10(15)11(16)5-9/h3-5,18H,6H2,1-2H3. The number of sulfonamides is 1. The van der Waals surface area contributed by atoms with Crippen LogP contribution >= 0.6 is 46.3 Å². The number of halogens is 2. The minimum atomic E-state index is -3.98. The normalized spacial score (nSPS) is 11.4. The summed E-state index contributed by atoms with van der Waals surface area (Å²) in [4.78, 5) is 27.2. The number of ketones is 1. The molecule has 1 aromatic carbocycles. The highest BCUT2D eigenvalue weighted by Crippen LogP contribution is 2.29. The van der Waals surface area contributed by atoms with E-state index in [1.165, 1.54) is 25.1 Å². The molecule has 0 aliphatic heterocycles. The van der Waals surface area contributed by atoms with Gasteiger partial charge in [-0.15, -0.1) is 0 Å². The topological polar surface area (TPSA) is 93.2 Å². The molecule has 0 unspecified atom stereocenters. The van der Waals surface area contributed by atoms with Crippen LogP contribution in [0.5, 0.6) is 0 Å². The third-order valence-corrected chi connectivity index (χ3v) is 7.35. The van der Waals surface area contributed by atoms with Gasteiger partial charge in [0.2, 0.25) is 4.34 Å².